The molecule has 1 N–H and O–H groups in total. The van der Waals surface area contributed by atoms with Crippen LogP contribution in [0.5, 0.6) is 0 Å². The van der Waals surface area contributed by atoms with Crippen LogP contribution in [0.4, 0.5) is 0 Å². The number of likely N-dealkylation sites (tertiary alicyclic amines) is 1. The van der Waals surface area contributed by atoms with Crippen molar-refractivity contribution in [1.82, 2.24) is 24.6 Å². The lowest BCUT2D eigenvalue weighted by atomic mass is 9.97. The second-order valence-electron chi connectivity index (χ2n) is 5.98. The van der Waals surface area contributed by atoms with Crippen molar-refractivity contribution in [3.8, 4) is 0 Å². The van der Waals surface area contributed by atoms with Gasteiger partial charge in [0.25, 0.3) is 5.91 Å². The number of piperidine rings is 1. The van der Waals surface area contributed by atoms with Crippen molar-refractivity contribution in [2.45, 2.75) is 25.2 Å². The van der Waals surface area contributed by atoms with E-state index in [1.807, 2.05) is 34.8 Å². The molecule has 1 fully saturated rings. The summed E-state index contributed by atoms with van der Waals surface area (Å²) in [6.07, 6.45) is 4.61. The minimum atomic E-state index is 0.0809. The van der Waals surface area contributed by atoms with Gasteiger partial charge in [0.1, 0.15) is 11.5 Å². The van der Waals surface area contributed by atoms with E-state index in [1.165, 1.54) is 0 Å². The Labute approximate surface area is 135 Å². The first-order chi connectivity index (χ1) is 11.2. The van der Waals surface area contributed by atoms with Gasteiger partial charge in [0.05, 0.1) is 6.61 Å². The molecule has 0 aromatic carbocycles. The fraction of sp³-hybridized carbons (Fsp3) is 0.562. The number of nitrogens with zero attached hydrogens (tertiary/aromatic N) is 4. The molecular formula is C16H23N5O2. The van der Waals surface area contributed by atoms with Crippen molar-refractivity contribution in [2.24, 2.45) is 7.05 Å². The van der Waals surface area contributed by atoms with Crippen LogP contribution in [0, 0.1) is 0 Å². The molecule has 1 amide bonds. The number of methoxy groups -OCH3 is 1. The number of ether oxygens (including phenoxy) is 1. The Morgan fingerprint density at radius 1 is 1.52 bits per heavy atom. The molecule has 2 aromatic rings. The lowest BCUT2D eigenvalue weighted by Crippen LogP contribution is -2.40. The summed E-state index contributed by atoms with van der Waals surface area (Å²) in [5.41, 5.74) is 0.724. The maximum Gasteiger partial charge on any atom is 0.270 e. The fourth-order valence-electron chi connectivity index (χ4n) is 3.02. The second kappa shape index (κ2) is 6.95. The van der Waals surface area contributed by atoms with Gasteiger partial charge in [-0.15, -0.1) is 0 Å². The zero-order chi connectivity index (χ0) is 16.2. The molecule has 0 radical (unpaired) electrons. The van der Waals surface area contributed by atoms with Crippen molar-refractivity contribution in [3.05, 3.63) is 35.7 Å². The Morgan fingerprint density at radius 3 is 3.13 bits per heavy atom. The summed E-state index contributed by atoms with van der Waals surface area (Å²) < 4.78 is 6.92. The molecule has 2 aromatic heterocycles. The van der Waals surface area contributed by atoms with E-state index in [2.05, 4.69) is 15.2 Å². The number of rotatable bonds is 5. The van der Waals surface area contributed by atoms with Crippen LogP contribution in [-0.4, -0.2) is 57.4 Å². The highest BCUT2D eigenvalue weighted by molar-refractivity contribution is 5.92. The summed E-state index contributed by atoms with van der Waals surface area (Å²) >= 11 is 0. The summed E-state index contributed by atoms with van der Waals surface area (Å²) in [4.78, 5) is 19.1. The number of aromatic nitrogens is 4. The molecule has 0 aliphatic carbocycles. The fourth-order valence-corrected chi connectivity index (χ4v) is 3.02. The predicted molar refractivity (Wildman–Crippen MR) is 85.3 cm³/mol. The second-order valence-corrected chi connectivity index (χ2v) is 5.98. The quantitative estimate of drug-likeness (QED) is 0.903. The number of amides is 1. The zero-order valence-corrected chi connectivity index (χ0v) is 13.7. The highest BCUT2D eigenvalue weighted by Gasteiger charge is 2.28. The average molecular weight is 317 g/mol. The van der Waals surface area contributed by atoms with E-state index < -0.39 is 0 Å². The molecule has 1 atom stereocenters. The summed E-state index contributed by atoms with van der Waals surface area (Å²) in [5, 5.41) is 7.30. The summed E-state index contributed by atoms with van der Waals surface area (Å²) in [7, 11) is 3.57. The van der Waals surface area contributed by atoms with Crippen molar-refractivity contribution in [1.29, 1.82) is 0 Å². The lowest BCUT2D eigenvalue weighted by molar-refractivity contribution is 0.0695. The number of hydrogen-bond acceptors (Lipinski definition) is 4. The topological polar surface area (TPSA) is 76.0 Å². The molecule has 0 saturated carbocycles. The maximum absolute atomic E-state index is 12.6. The van der Waals surface area contributed by atoms with Crippen LogP contribution in [0.15, 0.2) is 18.3 Å². The lowest BCUT2D eigenvalue weighted by Gasteiger charge is -2.31. The van der Waals surface area contributed by atoms with Crippen LogP contribution in [0.25, 0.3) is 0 Å². The third-order valence-electron chi connectivity index (χ3n) is 4.33. The van der Waals surface area contributed by atoms with Gasteiger partial charge in [0.15, 0.2) is 5.82 Å². The van der Waals surface area contributed by atoms with Crippen LogP contribution in [0.2, 0.25) is 0 Å². The van der Waals surface area contributed by atoms with E-state index in [9.17, 15) is 4.79 Å². The third kappa shape index (κ3) is 3.44. The van der Waals surface area contributed by atoms with Crippen molar-refractivity contribution in [3.63, 3.8) is 0 Å². The summed E-state index contributed by atoms with van der Waals surface area (Å²) in [6.45, 7) is 2.09. The van der Waals surface area contributed by atoms with Crippen LogP contribution in [0.3, 0.4) is 0 Å². The van der Waals surface area contributed by atoms with Gasteiger partial charge in [0, 0.05) is 45.8 Å². The molecular weight excluding hydrogens is 294 g/mol. The molecule has 0 spiro atoms. The number of H-pyrrole nitrogens is 1. The molecule has 0 bridgehead atoms. The van der Waals surface area contributed by atoms with E-state index in [1.54, 1.807) is 7.11 Å². The van der Waals surface area contributed by atoms with Gasteiger partial charge in [-0.2, -0.15) is 5.10 Å². The average Bonchev–Trinajstić information content (AvgIpc) is 3.21. The molecule has 7 heteroatoms. The first-order valence-electron chi connectivity index (χ1n) is 7.99. The summed E-state index contributed by atoms with van der Waals surface area (Å²) in [5.74, 6) is 1.92. The van der Waals surface area contributed by atoms with Crippen LogP contribution in [-0.2, 0) is 18.2 Å². The van der Waals surface area contributed by atoms with E-state index in [4.69, 9.17) is 4.74 Å². The van der Waals surface area contributed by atoms with Crippen LogP contribution in [0.1, 0.15) is 40.9 Å². The van der Waals surface area contributed by atoms with Gasteiger partial charge in [0.2, 0.25) is 0 Å². The van der Waals surface area contributed by atoms with Gasteiger partial charge in [-0.3, -0.25) is 9.89 Å². The molecule has 23 heavy (non-hydrogen) atoms. The predicted octanol–water partition coefficient (Wildman–Crippen LogP) is 1.35. The van der Waals surface area contributed by atoms with Crippen molar-refractivity contribution in [2.75, 3.05) is 26.8 Å². The molecule has 124 valence electrons. The Morgan fingerprint density at radius 2 is 2.39 bits per heavy atom. The van der Waals surface area contributed by atoms with Crippen molar-refractivity contribution >= 4 is 5.91 Å². The third-order valence-corrected chi connectivity index (χ3v) is 4.33. The standard InChI is InChI=1S/C16H23N5O2/c1-20-8-4-6-13(20)16(22)21-9-3-5-12(11-21)15-17-14(18-19-15)7-10-23-2/h4,6,8,12H,3,5,7,9-11H2,1-2H3,(H,17,18,19)/t12-/m0/s1. The highest BCUT2D eigenvalue weighted by atomic mass is 16.5. The van der Waals surface area contributed by atoms with E-state index in [0.29, 0.717) is 13.2 Å². The Hall–Kier alpha value is -2.15. The van der Waals surface area contributed by atoms with Gasteiger partial charge in [-0.1, -0.05) is 0 Å². The minimum absolute atomic E-state index is 0.0809. The van der Waals surface area contributed by atoms with Gasteiger partial charge < -0.3 is 14.2 Å². The minimum Gasteiger partial charge on any atom is -0.384 e. The van der Waals surface area contributed by atoms with Gasteiger partial charge in [-0.05, 0) is 25.0 Å². The molecule has 1 saturated heterocycles. The first kappa shape index (κ1) is 15.7. The molecule has 1 aliphatic rings. The number of aromatic amines is 1. The largest absolute Gasteiger partial charge is 0.384 e. The Bertz CT molecular complexity index is 663. The monoisotopic (exact) mass is 317 g/mol. The maximum atomic E-state index is 12.6. The highest BCUT2D eigenvalue weighted by Crippen LogP contribution is 2.25. The number of nitrogens with one attached hydrogen (secondary N) is 1. The van der Waals surface area contributed by atoms with E-state index in [-0.39, 0.29) is 11.8 Å². The number of carbonyl (C=O) groups is 1. The smallest absolute Gasteiger partial charge is 0.270 e. The first-order valence-corrected chi connectivity index (χ1v) is 7.99. The molecule has 7 nitrogen and oxygen atoms in total. The van der Waals surface area contributed by atoms with Crippen molar-refractivity contribution < 1.29 is 9.53 Å². The Balaban J connectivity index is 1.67. The van der Waals surface area contributed by atoms with Gasteiger partial charge in [-0.25, -0.2) is 4.98 Å². The van der Waals surface area contributed by atoms with Crippen LogP contribution < -0.4 is 0 Å². The van der Waals surface area contributed by atoms with E-state index >= 15 is 0 Å². The zero-order valence-electron chi connectivity index (χ0n) is 13.7. The normalized spacial score (nSPS) is 18.3. The number of hydrogen-bond donors (Lipinski definition) is 1. The molecule has 0 unspecified atom stereocenters. The SMILES string of the molecule is COCCc1nc([C@H]2CCCN(C(=O)c3cccn3C)C2)n[nH]1. The van der Waals surface area contributed by atoms with E-state index in [0.717, 1.165) is 43.1 Å². The van der Waals surface area contributed by atoms with Crippen LogP contribution >= 0.6 is 0 Å². The number of aryl methyl sites for hydroxylation is 1. The molecule has 1 aliphatic heterocycles. The molecule has 3 heterocycles. The summed E-state index contributed by atoms with van der Waals surface area (Å²) in [6, 6.07) is 3.76. The Kier molecular flexibility index (Phi) is 4.76. The number of carbonyl (C=O) groups excluding carboxylic acids is 1. The molecule has 3 rings (SSSR count). The van der Waals surface area contributed by atoms with Gasteiger partial charge >= 0.3 is 0 Å².